The van der Waals surface area contributed by atoms with Gasteiger partial charge in [0, 0.05) is 12.3 Å². The van der Waals surface area contributed by atoms with Crippen LogP contribution in [0.25, 0.3) is 0 Å². The van der Waals surface area contributed by atoms with Crippen LogP contribution in [0.1, 0.15) is 43.4 Å². The zero-order chi connectivity index (χ0) is 16.2. The second-order valence-corrected chi connectivity index (χ2v) is 6.08. The van der Waals surface area contributed by atoms with Gasteiger partial charge in [0.2, 0.25) is 5.91 Å². The van der Waals surface area contributed by atoms with Gasteiger partial charge in [-0.25, -0.2) is 0 Å². The number of rotatable bonds is 5. The van der Waals surface area contributed by atoms with Crippen molar-refractivity contribution in [3.63, 3.8) is 0 Å². The predicted octanol–water partition coefficient (Wildman–Crippen LogP) is 2.30. The molecule has 1 saturated heterocycles. The third-order valence-corrected chi connectivity index (χ3v) is 4.53. The second-order valence-electron chi connectivity index (χ2n) is 6.08. The lowest BCUT2D eigenvalue weighted by Crippen LogP contribution is -2.47. The monoisotopic (exact) mass is 317 g/mol. The minimum Gasteiger partial charge on any atom is -0.360 e. The summed E-state index contributed by atoms with van der Waals surface area (Å²) in [5, 5.41) is 13.6. The molecule has 23 heavy (non-hydrogen) atoms. The van der Waals surface area contributed by atoms with Crippen molar-refractivity contribution in [2.24, 2.45) is 0 Å². The number of piperidine rings is 1. The molecule has 0 unspecified atom stereocenters. The molecule has 0 bridgehead atoms. The maximum absolute atomic E-state index is 12.5. The van der Waals surface area contributed by atoms with Gasteiger partial charge >= 0.3 is 0 Å². The van der Waals surface area contributed by atoms with Crippen molar-refractivity contribution in [1.29, 1.82) is 0 Å². The Kier molecular flexibility index (Phi) is 4.76. The molecule has 1 fully saturated rings. The van der Waals surface area contributed by atoms with Crippen molar-refractivity contribution in [2.75, 3.05) is 18.4 Å². The van der Waals surface area contributed by atoms with Gasteiger partial charge in [-0.15, -0.1) is 0 Å². The standard InChI is InChI=1S/C16H23N5O2/c1-3-14(16(22)19-15-8-11(2)23-20-15)21-6-4-12(5-7-21)13-9-17-18-10-13/h8-10,12,14H,3-7H2,1-2H3,(H,17,18)(H,19,20,22)/t14-/m0/s1. The van der Waals surface area contributed by atoms with Crippen LogP contribution < -0.4 is 5.32 Å². The van der Waals surface area contributed by atoms with E-state index >= 15 is 0 Å². The highest BCUT2D eigenvalue weighted by atomic mass is 16.5. The van der Waals surface area contributed by atoms with E-state index in [2.05, 4.69) is 25.6 Å². The molecule has 7 nitrogen and oxygen atoms in total. The SMILES string of the molecule is CC[C@@H](C(=O)Nc1cc(C)on1)N1CCC(c2cn[nH]c2)CC1. The predicted molar refractivity (Wildman–Crippen MR) is 86.1 cm³/mol. The molecule has 0 aromatic carbocycles. The van der Waals surface area contributed by atoms with Crippen LogP contribution in [0.4, 0.5) is 5.82 Å². The first-order valence-corrected chi connectivity index (χ1v) is 8.14. The Labute approximate surface area is 135 Å². The molecule has 3 rings (SSSR count). The number of hydrogen-bond donors (Lipinski definition) is 2. The molecular weight excluding hydrogens is 294 g/mol. The summed E-state index contributed by atoms with van der Waals surface area (Å²) >= 11 is 0. The van der Waals surface area contributed by atoms with Crippen molar-refractivity contribution < 1.29 is 9.32 Å². The largest absolute Gasteiger partial charge is 0.360 e. The Hall–Kier alpha value is -2.15. The van der Waals surface area contributed by atoms with Crippen LogP contribution in [-0.4, -0.2) is 45.3 Å². The summed E-state index contributed by atoms with van der Waals surface area (Å²) in [6.07, 6.45) is 6.74. The average Bonchev–Trinajstić information content (AvgIpc) is 3.21. The van der Waals surface area contributed by atoms with Crippen LogP contribution in [0.5, 0.6) is 0 Å². The van der Waals surface area contributed by atoms with Crippen LogP contribution >= 0.6 is 0 Å². The van der Waals surface area contributed by atoms with Gasteiger partial charge in [-0.05, 0) is 50.8 Å². The lowest BCUT2D eigenvalue weighted by Gasteiger charge is -2.36. The highest BCUT2D eigenvalue weighted by Gasteiger charge is 2.29. The van der Waals surface area contributed by atoms with E-state index in [9.17, 15) is 4.79 Å². The Morgan fingerprint density at radius 3 is 2.87 bits per heavy atom. The van der Waals surface area contributed by atoms with E-state index < -0.39 is 0 Å². The molecule has 1 aliphatic rings. The van der Waals surface area contributed by atoms with E-state index in [0.29, 0.717) is 17.5 Å². The van der Waals surface area contributed by atoms with E-state index in [0.717, 1.165) is 32.4 Å². The third-order valence-electron chi connectivity index (χ3n) is 4.53. The number of carbonyl (C=O) groups is 1. The lowest BCUT2D eigenvalue weighted by molar-refractivity contribution is -0.121. The van der Waals surface area contributed by atoms with Gasteiger partial charge in [0.05, 0.1) is 12.2 Å². The van der Waals surface area contributed by atoms with Gasteiger partial charge in [0.1, 0.15) is 5.76 Å². The van der Waals surface area contributed by atoms with Gasteiger partial charge in [0.15, 0.2) is 5.82 Å². The number of amides is 1. The molecule has 3 heterocycles. The maximum Gasteiger partial charge on any atom is 0.242 e. The topological polar surface area (TPSA) is 87.1 Å². The summed E-state index contributed by atoms with van der Waals surface area (Å²) in [6, 6.07) is 1.60. The normalized spacial score (nSPS) is 18.0. The number of anilines is 1. The molecule has 1 amide bonds. The Bertz CT molecular complexity index is 629. The fourth-order valence-corrected chi connectivity index (χ4v) is 3.27. The number of likely N-dealkylation sites (tertiary alicyclic amines) is 1. The quantitative estimate of drug-likeness (QED) is 0.883. The van der Waals surface area contributed by atoms with Crippen LogP contribution in [0.2, 0.25) is 0 Å². The Morgan fingerprint density at radius 2 is 2.30 bits per heavy atom. The molecule has 0 spiro atoms. The van der Waals surface area contributed by atoms with Crippen LogP contribution in [0.15, 0.2) is 23.0 Å². The summed E-state index contributed by atoms with van der Waals surface area (Å²) < 4.78 is 4.99. The summed E-state index contributed by atoms with van der Waals surface area (Å²) in [5.41, 5.74) is 1.26. The van der Waals surface area contributed by atoms with E-state index in [-0.39, 0.29) is 11.9 Å². The van der Waals surface area contributed by atoms with E-state index in [1.807, 2.05) is 19.3 Å². The molecule has 2 aromatic rings. The first-order chi connectivity index (χ1) is 11.2. The number of H-pyrrole nitrogens is 1. The second kappa shape index (κ2) is 6.95. The van der Waals surface area contributed by atoms with Gasteiger partial charge in [-0.2, -0.15) is 5.10 Å². The minimum absolute atomic E-state index is 0.0115. The number of nitrogens with zero attached hydrogens (tertiary/aromatic N) is 3. The van der Waals surface area contributed by atoms with Crippen molar-refractivity contribution >= 4 is 11.7 Å². The molecule has 2 aromatic heterocycles. The molecule has 0 aliphatic carbocycles. The summed E-state index contributed by atoms with van der Waals surface area (Å²) in [6.45, 7) is 5.68. The summed E-state index contributed by atoms with van der Waals surface area (Å²) in [7, 11) is 0. The summed E-state index contributed by atoms with van der Waals surface area (Å²) in [4.78, 5) is 14.8. The average molecular weight is 317 g/mol. The zero-order valence-corrected chi connectivity index (χ0v) is 13.6. The molecule has 1 aliphatic heterocycles. The Balaban J connectivity index is 1.57. The molecule has 124 valence electrons. The lowest BCUT2D eigenvalue weighted by atomic mass is 9.90. The highest BCUT2D eigenvalue weighted by molar-refractivity contribution is 5.94. The van der Waals surface area contributed by atoms with Crippen molar-refractivity contribution in [3.05, 3.63) is 29.8 Å². The van der Waals surface area contributed by atoms with Crippen LogP contribution in [0, 0.1) is 6.92 Å². The zero-order valence-electron chi connectivity index (χ0n) is 13.6. The van der Waals surface area contributed by atoms with Gasteiger partial charge in [-0.3, -0.25) is 14.8 Å². The fourth-order valence-electron chi connectivity index (χ4n) is 3.27. The maximum atomic E-state index is 12.5. The minimum atomic E-state index is -0.127. The number of hydrogen-bond acceptors (Lipinski definition) is 5. The first-order valence-electron chi connectivity index (χ1n) is 8.14. The number of aromatic nitrogens is 3. The Morgan fingerprint density at radius 1 is 1.52 bits per heavy atom. The number of nitrogens with one attached hydrogen (secondary N) is 2. The summed E-state index contributed by atoms with van der Waals surface area (Å²) in [5.74, 6) is 1.69. The van der Waals surface area contributed by atoms with E-state index in [4.69, 9.17) is 4.52 Å². The van der Waals surface area contributed by atoms with Crippen molar-refractivity contribution in [1.82, 2.24) is 20.3 Å². The van der Waals surface area contributed by atoms with Gasteiger partial charge < -0.3 is 9.84 Å². The molecular formula is C16H23N5O2. The number of carbonyl (C=O) groups excluding carboxylic acids is 1. The van der Waals surface area contributed by atoms with Crippen molar-refractivity contribution in [2.45, 2.75) is 45.1 Å². The van der Waals surface area contributed by atoms with Crippen molar-refractivity contribution in [3.8, 4) is 0 Å². The number of aromatic amines is 1. The number of aryl methyl sites for hydroxylation is 1. The first kappa shape index (κ1) is 15.7. The highest BCUT2D eigenvalue weighted by Crippen LogP contribution is 2.28. The molecule has 0 saturated carbocycles. The smallest absolute Gasteiger partial charge is 0.242 e. The molecule has 0 radical (unpaired) electrons. The van der Waals surface area contributed by atoms with Gasteiger partial charge in [0.25, 0.3) is 0 Å². The van der Waals surface area contributed by atoms with Crippen LogP contribution in [0.3, 0.4) is 0 Å². The van der Waals surface area contributed by atoms with Crippen LogP contribution in [-0.2, 0) is 4.79 Å². The van der Waals surface area contributed by atoms with E-state index in [1.165, 1.54) is 5.56 Å². The van der Waals surface area contributed by atoms with E-state index in [1.54, 1.807) is 13.0 Å². The molecule has 2 N–H and O–H groups in total. The molecule has 1 atom stereocenters. The van der Waals surface area contributed by atoms with Gasteiger partial charge in [-0.1, -0.05) is 12.1 Å². The molecule has 7 heteroatoms. The third kappa shape index (κ3) is 3.61. The fraction of sp³-hybridized carbons (Fsp3) is 0.562.